The van der Waals surface area contributed by atoms with Gasteiger partial charge >= 0.3 is 0 Å². The quantitative estimate of drug-likeness (QED) is 0.721. The van der Waals surface area contributed by atoms with Crippen molar-refractivity contribution < 1.29 is 4.79 Å². The van der Waals surface area contributed by atoms with Crippen LogP contribution in [-0.2, 0) is 4.79 Å². The smallest absolute Gasteiger partial charge is 0.250 e. The lowest BCUT2D eigenvalue weighted by molar-refractivity contribution is -0.117. The first-order valence-electron chi connectivity index (χ1n) is 5.10. The average Bonchev–Trinajstić information content (AvgIpc) is 2.81. The topological polar surface area (TPSA) is 32.7 Å². The lowest BCUT2D eigenvalue weighted by Gasteiger charge is -2.14. The van der Waals surface area contributed by atoms with Gasteiger partial charge in [-0.1, -0.05) is 12.1 Å². The minimum Gasteiger partial charge on any atom is -0.337 e. The van der Waals surface area contributed by atoms with E-state index in [1.807, 2.05) is 24.4 Å². The molecule has 16 heavy (non-hydrogen) atoms. The molecule has 1 aromatic rings. The average molecular weight is 230 g/mol. The Labute approximate surface area is 97.2 Å². The summed E-state index contributed by atoms with van der Waals surface area (Å²) in [5, 5.41) is 3.91. The maximum Gasteiger partial charge on any atom is 0.250 e. The molecule has 3 rings (SSSR count). The maximum absolute atomic E-state index is 11.2. The van der Waals surface area contributed by atoms with Crippen LogP contribution >= 0.6 is 11.8 Å². The minimum absolute atomic E-state index is 0.0593. The van der Waals surface area contributed by atoms with E-state index in [2.05, 4.69) is 21.4 Å². The van der Waals surface area contributed by atoms with Crippen LogP contribution < -0.4 is 15.5 Å². The van der Waals surface area contributed by atoms with Gasteiger partial charge in [-0.3, -0.25) is 4.79 Å². The van der Waals surface area contributed by atoms with E-state index in [0.29, 0.717) is 6.42 Å². The highest BCUT2D eigenvalue weighted by Crippen LogP contribution is 2.21. The fraction of sp³-hybridized carbons (Fsp3) is 0.167. The molecule has 0 saturated heterocycles. The number of carbonyl (C=O) groups is 1. The molecular weight excluding hydrogens is 220 g/mol. The van der Waals surface area contributed by atoms with Crippen molar-refractivity contribution in [2.45, 2.75) is 6.42 Å². The summed E-state index contributed by atoms with van der Waals surface area (Å²) in [6.45, 7) is 0. The number of amides is 1. The Balaban J connectivity index is 2.11. The number of thioether (sulfide) groups is 1. The predicted octanol–water partition coefficient (Wildman–Crippen LogP) is 0.999. The Kier molecular flexibility index (Phi) is 2.29. The third-order valence-electron chi connectivity index (χ3n) is 2.64. The molecule has 1 amide bonds. The lowest BCUT2D eigenvalue weighted by atomic mass is 10.2. The van der Waals surface area contributed by atoms with E-state index in [9.17, 15) is 4.79 Å². The zero-order valence-electron chi connectivity index (χ0n) is 8.59. The van der Waals surface area contributed by atoms with Crippen molar-refractivity contribution in [1.82, 2.24) is 0 Å². The van der Waals surface area contributed by atoms with Crippen molar-refractivity contribution in [3.05, 3.63) is 40.4 Å². The van der Waals surface area contributed by atoms with Crippen molar-refractivity contribution in [1.29, 1.82) is 0 Å². The standard InChI is InChI=1S/C12H10N2OS/c15-12-4-2-9-1-3-10(7-11(9)13-12)14-5-6-16-8-14/h1-3,5-7H,4,8H2. The Morgan fingerprint density at radius 2 is 2.31 bits per heavy atom. The molecule has 0 spiro atoms. The molecule has 0 N–H and O–H groups in total. The number of nitrogens with zero attached hydrogens (tertiary/aromatic N) is 2. The monoisotopic (exact) mass is 230 g/mol. The van der Waals surface area contributed by atoms with Gasteiger partial charge < -0.3 is 4.90 Å². The number of hydrogen-bond acceptors (Lipinski definition) is 3. The molecule has 0 atom stereocenters. The molecule has 0 aromatic heterocycles. The summed E-state index contributed by atoms with van der Waals surface area (Å²) in [6, 6.07) is 6.06. The van der Waals surface area contributed by atoms with Crippen LogP contribution in [0.25, 0.3) is 6.08 Å². The van der Waals surface area contributed by atoms with Crippen LogP contribution in [-0.4, -0.2) is 11.8 Å². The molecule has 0 unspecified atom stereocenters. The number of benzene rings is 1. The third-order valence-corrected chi connectivity index (χ3v) is 3.38. The van der Waals surface area contributed by atoms with E-state index >= 15 is 0 Å². The number of hydrogen-bond donors (Lipinski definition) is 0. The van der Waals surface area contributed by atoms with Crippen molar-refractivity contribution in [3.63, 3.8) is 0 Å². The summed E-state index contributed by atoms with van der Waals surface area (Å²) in [7, 11) is 0. The Morgan fingerprint density at radius 1 is 1.38 bits per heavy atom. The van der Waals surface area contributed by atoms with Gasteiger partial charge in [0, 0.05) is 18.3 Å². The van der Waals surface area contributed by atoms with Crippen molar-refractivity contribution in [2.24, 2.45) is 4.99 Å². The number of fused-ring (bicyclic) bond motifs is 1. The minimum atomic E-state index is -0.0593. The van der Waals surface area contributed by atoms with Gasteiger partial charge in [0.2, 0.25) is 5.91 Å². The summed E-state index contributed by atoms with van der Waals surface area (Å²) in [5.41, 5.74) is 1.09. The van der Waals surface area contributed by atoms with Crippen molar-refractivity contribution >= 4 is 29.4 Å². The van der Waals surface area contributed by atoms with Gasteiger partial charge in [-0.25, -0.2) is 4.99 Å². The number of anilines is 1. The largest absolute Gasteiger partial charge is 0.337 e. The molecule has 2 heterocycles. The second-order valence-electron chi connectivity index (χ2n) is 3.71. The summed E-state index contributed by atoms with van der Waals surface area (Å²) in [4.78, 5) is 17.4. The van der Waals surface area contributed by atoms with Crippen LogP contribution in [0.1, 0.15) is 6.42 Å². The fourth-order valence-electron chi connectivity index (χ4n) is 1.80. The van der Waals surface area contributed by atoms with Gasteiger partial charge in [0.1, 0.15) is 0 Å². The molecule has 0 radical (unpaired) electrons. The highest BCUT2D eigenvalue weighted by Gasteiger charge is 2.09. The van der Waals surface area contributed by atoms with Crippen LogP contribution in [0.5, 0.6) is 0 Å². The van der Waals surface area contributed by atoms with E-state index in [-0.39, 0.29) is 5.91 Å². The molecule has 0 bridgehead atoms. The number of carbonyl (C=O) groups excluding carboxylic acids is 1. The van der Waals surface area contributed by atoms with E-state index < -0.39 is 0 Å². The van der Waals surface area contributed by atoms with Crippen LogP contribution in [0.15, 0.2) is 34.8 Å². The molecule has 4 heteroatoms. The molecular formula is C12H10N2OS. The van der Waals surface area contributed by atoms with E-state index in [1.165, 1.54) is 0 Å². The van der Waals surface area contributed by atoms with Crippen LogP contribution in [0.2, 0.25) is 0 Å². The van der Waals surface area contributed by atoms with E-state index in [1.54, 1.807) is 11.8 Å². The van der Waals surface area contributed by atoms with Crippen LogP contribution in [0, 0.1) is 0 Å². The van der Waals surface area contributed by atoms with Crippen molar-refractivity contribution in [2.75, 3.05) is 10.8 Å². The first-order valence-corrected chi connectivity index (χ1v) is 6.14. The molecule has 3 nitrogen and oxygen atoms in total. The molecule has 0 fully saturated rings. The van der Waals surface area contributed by atoms with Gasteiger partial charge in [-0.05, 0) is 22.8 Å². The first kappa shape index (κ1) is 9.66. The third kappa shape index (κ3) is 1.65. The fourth-order valence-corrected chi connectivity index (χ4v) is 2.52. The number of rotatable bonds is 1. The SMILES string of the molecule is O=C1CC=c2ccc(N3C=CSC3)cc2=N1. The molecule has 0 saturated carbocycles. The van der Waals surface area contributed by atoms with Crippen molar-refractivity contribution in [3.8, 4) is 0 Å². The van der Waals surface area contributed by atoms with E-state index in [4.69, 9.17) is 0 Å². The van der Waals surface area contributed by atoms with Gasteiger partial charge in [-0.15, -0.1) is 11.8 Å². The van der Waals surface area contributed by atoms with Crippen LogP contribution in [0.3, 0.4) is 0 Å². The Hall–Kier alpha value is -1.55. The Bertz CT molecular complexity index is 592. The summed E-state index contributed by atoms with van der Waals surface area (Å²) < 4.78 is 0. The summed E-state index contributed by atoms with van der Waals surface area (Å²) in [5.74, 6) is 0.868. The molecule has 0 aliphatic carbocycles. The maximum atomic E-state index is 11.2. The highest BCUT2D eigenvalue weighted by atomic mass is 32.2. The van der Waals surface area contributed by atoms with Gasteiger partial charge in [0.15, 0.2) is 0 Å². The normalized spacial score (nSPS) is 18.0. The predicted molar refractivity (Wildman–Crippen MR) is 65.4 cm³/mol. The first-order chi connectivity index (χ1) is 7.83. The zero-order chi connectivity index (χ0) is 11.0. The summed E-state index contributed by atoms with van der Waals surface area (Å²) in [6.07, 6.45) is 4.40. The molecule has 80 valence electrons. The zero-order valence-corrected chi connectivity index (χ0v) is 9.41. The van der Waals surface area contributed by atoms with E-state index in [0.717, 1.165) is 22.1 Å². The second-order valence-corrected chi connectivity index (χ2v) is 4.57. The molecule has 2 aliphatic rings. The van der Waals surface area contributed by atoms with Crippen LogP contribution in [0.4, 0.5) is 5.69 Å². The lowest BCUT2D eigenvalue weighted by Crippen LogP contribution is -2.30. The summed E-state index contributed by atoms with van der Waals surface area (Å²) >= 11 is 1.75. The van der Waals surface area contributed by atoms with Gasteiger partial charge in [0.25, 0.3) is 0 Å². The molecule has 2 aliphatic heterocycles. The molecule has 1 aromatic carbocycles. The second kappa shape index (κ2) is 3.79. The highest BCUT2D eigenvalue weighted by molar-refractivity contribution is 8.02. The van der Waals surface area contributed by atoms with Gasteiger partial charge in [0.05, 0.1) is 11.2 Å². The Morgan fingerprint density at radius 3 is 3.12 bits per heavy atom. The van der Waals surface area contributed by atoms with Gasteiger partial charge in [-0.2, -0.15) is 0 Å².